The number of hydrogen-bond donors (Lipinski definition) is 0. The van der Waals surface area contributed by atoms with Crippen LogP contribution in [0.3, 0.4) is 0 Å². The Morgan fingerprint density at radius 1 is 0.724 bits per heavy atom. The Labute approximate surface area is 179 Å². The Bertz CT molecular complexity index is 527. The molecule has 0 aliphatic heterocycles. The number of hydrogen-bond acceptors (Lipinski definition) is 10. The summed E-state index contributed by atoms with van der Waals surface area (Å²) in [5, 5.41) is 0. The maximum atomic E-state index is 11.9. The minimum absolute atomic E-state index is 0.184. The minimum Gasteiger partial charge on any atom is -0.465 e. The molecule has 8 nitrogen and oxygen atoms in total. The molecular formula is C19H28O8S2. The van der Waals surface area contributed by atoms with Crippen molar-refractivity contribution >= 4 is 47.4 Å². The van der Waals surface area contributed by atoms with Gasteiger partial charge in [0.15, 0.2) is 0 Å². The van der Waals surface area contributed by atoms with E-state index in [2.05, 4.69) is 13.2 Å². The fourth-order valence-electron chi connectivity index (χ4n) is 1.80. The average Bonchev–Trinajstić information content (AvgIpc) is 2.74. The zero-order chi connectivity index (χ0) is 22.1. The van der Waals surface area contributed by atoms with Crippen molar-refractivity contribution in [3.63, 3.8) is 0 Å². The van der Waals surface area contributed by atoms with Crippen molar-refractivity contribution in [2.24, 2.45) is 5.41 Å². The topological polar surface area (TPSA) is 105 Å². The largest absolute Gasteiger partial charge is 0.465 e. The quantitative estimate of drug-likeness (QED) is 0.198. The Morgan fingerprint density at radius 3 is 1.38 bits per heavy atom. The van der Waals surface area contributed by atoms with Crippen LogP contribution in [0.15, 0.2) is 25.3 Å². The van der Waals surface area contributed by atoms with Crippen LogP contribution in [0.2, 0.25) is 0 Å². The lowest BCUT2D eigenvalue weighted by molar-refractivity contribution is -0.167. The summed E-state index contributed by atoms with van der Waals surface area (Å²) >= 11 is 2.97. The monoisotopic (exact) mass is 448 g/mol. The van der Waals surface area contributed by atoms with Gasteiger partial charge in [-0.3, -0.25) is 9.59 Å². The molecule has 0 amide bonds. The molecule has 0 saturated heterocycles. The highest BCUT2D eigenvalue weighted by Gasteiger charge is 2.37. The second kappa shape index (κ2) is 15.9. The van der Waals surface area contributed by atoms with E-state index < -0.39 is 29.3 Å². The minimum atomic E-state index is -1.26. The van der Waals surface area contributed by atoms with Gasteiger partial charge in [-0.1, -0.05) is 13.2 Å². The summed E-state index contributed by atoms with van der Waals surface area (Å²) in [6, 6.07) is 0. The van der Waals surface area contributed by atoms with Crippen LogP contribution >= 0.6 is 23.5 Å². The SMILES string of the molecule is C=CC(=O)OCC(COC(=O)C=C)(COC(=O)CCSC)COC(=O)CCSC. The van der Waals surface area contributed by atoms with E-state index in [1.807, 2.05) is 12.5 Å². The lowest BCUT2D eigenvalue weighted by atomic mass is 9.92. The van der Waals surface area contributed by atoms with E-state index in [-0.39, 0.29) is 39.3 Å². The third-order valence-electron chi connectivity index (χ3n) is 3.47. The summed E-state index contributed by atoms with van der Waals surface area (Å²) in [5.41, 5.74) is -1.26. The molecule has 0 atom stereocenters. The van der Waals surface area contributed by atoms with Crippen LogP contribution in [0.25, 0.3) is 0 Å². The van der Waals surface area contributed by atoms with E-state index in [1.54, 1.807) is 0 Å². The van der Waals surface area contributed by atoms with E-state index in [9.17, 15) is 19.2 Å². The lowest BCUT2D eigenvalue weighted by Crippen LogP contribution is -2.43. The first kappa shape index (κ1) is 27.1. The summed E-state index contributed by atoms with van der Waals surface area (Å²) in [6.07, 6.45) is 6.02. The highest BCUT2D eigenvalue weighted by Crippen LogP contribution is 2.22. The third-order valence-corrected chi connectivity index (χ3v) is 4.70. The molecule has 0 aliphatic rings. The molecule has 0 bridgehead atoms. The molecule has 0 aromatic carbocycles. The van der Waals surface area contributed by atoms with Gasteiger partial charge in [0, 0.05) is 23.7 Å². The second-order valence-corrected chi connectivity index (χ2v) is 7.90. The predicted octanol–water partition coefficient (Wildman–Crippen LogP) is 2.02. The van der Waals surface area contributed by atoms with Gasteiger partial charge in [0.05, 0.1) is 12.8 Å². The van der Waals surface area contributed by atoms with E-state index >= 15 is 0 Å². The van der Waals surface area contributed by atoms with Crippen molar-refractivity contribution in [3.8, 4) is 0 Å². The van der Waals surface area contributed by atoms with Crippen LogP contribution in [0.5, 0.6) is 0 Å². The summed E-state index contributed by atoms with van der Waals surface area (Å²) in [5.74, 6) is -1.22. The first-order valence-electron chi connectivity index (χ1n) is 8.70. The number of carbonyl (C=O) groups is 4. The van der Waals surface area contributed by atoms with Crippen LogP contribution < -0.4 is 0 Å². The van der Waals surface area contributed by atoms with Crippen molar-refractivity contribution in [2.45, 2.75) is 12.8 Å². The van der Waals surface area contributed by atoms with Gasteiger partial charge in [-0.15, -0.1) is 0 Å². The standard InChI is InChI=1S/C19H28O8S2/c1-5-15(20)24-11-19(12-25-16(21)6-2,13-26-17(22)7-9-28-3)14-27-18(23)8-10-29-4/h5-6H,1-2,7-14H2,3-4H3. The fraction of sp³-hybridized carbons (Fsp3) is 0.579. The second-order valence-electron chi connectivity index (χ2n) is 5.93. The maximum Gasteiger partial charge on any atom is 0.330 e. The summed E-state index contributed by atoms with van der Waals surface area (Å²) < 4.78 is 20.7. The summed E-state index contributed by atoms with van der Waals surface area (Å²) in [7, 11) is 0. The molecule has 0 unspecified atom stereocenters. The molecule has 0 fully saturated rings. The molecule has 0 radical (unpaired) electrons. The van der Waals surface area contributed by atoms with Crippen LogP contribution in [0, 0.1) is 5.41 Å². The predicted molar refractivity (Wildman–Crippen MR) is 113 cm³/mol. The van der Waals surface area contributed by atoms with Crippen molar-refractivity contribution in [3.05, 3.63) is 25.3 Å². The first-order chi connectivity index (χ1) is 13.8. The molecule has 0 aromatic heterocycles. The van der Waals surface area contributed by atoms with E-state index in [0.29, 0.717) is 11.5 Å². The number of ether oxygens (including phenoxy) is 4. The van der Waals surface area contributed by atoms with Crippen molar-refractivity contribution in [1.29, 1.82) is 0 Å². The highest BCUT2D eigenvalue weighted by molar-refractivity contribution is 7.98. The third kappa shape index (κ3) is 13.0. The highest BCUT2D eigenvalue weighted by atomic mass is 32.2. The maximum absolute atomic E-state index is 11.9. The smallest absolute Gasteiger partial charge is 0.330 e. The van der Waals surface area contributed by atoms with Gasteiger partial charge < -0.3 is 18.9 Å². The molecule has 0 N–H and O–H groups in total. The van der Waals surface area contributed by atoms with Crippen LogP contribution in [0.4, 0.5) is 0 Å². The van der Waals surface area contributed by atoms with Gasteiger partial charge in [0.2, 0.25) is 0 Å². The molecule has 0 aromatic rings. The van der Waals surface area contributed by atoms with Gasteiger partial charge in [-0.25, -0.2) is 9.59 Å². The Balaban J connectivity index is 5.33. The molecule has 29 heavy (non-hydrogen) atoms. The van der Waals surface area contributed by atoms with Gasteiger partial charge in [-0.2, -0.15) is 23.5 Å². The van der Waals surface area contributed by atoms with E-state index in [0.717, 1.165) is 12.2 Å². The average molecular weight is 449 g/mol. The van der Waals surface area contributed by atoms with Crippen molar-refractivity contribution < 1.29 is 38.1 Å². The van der Waals surface area contributed by atoms with Crippen molar-refractivity contribution in [2.75, 3.05) is 50.4 Å². The van der Waals surface area contributed by atoms with Crippen LogP contribution in [-0.4, -0.2) is 74.3 Å². The number of carbonyl (C=O) groups excluding carboxylic acids is 4. The Hall–Kier alpha value is -1.94. The zero-order valence-corrected chi connectivity index (χ0v) is 18.4. The fourth-order valence-corrected chi connectivity index (χ4v) is 2.54. The first-order valence-corrected chi connectivity index (χ1v) is 11.5. The Kier molecular flexibility index (Phi) is 14.9. The van der Waals surface area contributed by atoms with E-state index in [4.69, 9.17) is 18.9 Å². The summed E-state index contributed by atoms with van der Waals surface area (Å²) in [4.78, 5) is 46.9. The number of rotatable bonds is 16. The molecule has 0 spiro atoms. The molecule has 0 rings (SSSR count). The lowest BCUT2D eigenvalue weighted by Gasteiger charge is -2.31. The summed E-state index contributed by atoms with van der Waals surface area (Å²) in [6.45, 7) is 5.46. The Morgan fingerprint density at radius 2 is 1.07 bits per heavy atom. The van der Waals surface area contributed by atoms with Crippen molar-refractivity contribution in [1.82, 2.24) is 0 Å². The molecule has 164 valence electrons. The zero-order valence-electron chi connectivity index (χ0n) is 16.8. The van der Waals surface area contributed by atoms with E-state index in [1.165, 1.54) is 23.5 Å². The van der Waals surface area contributed by atoms with Gasteiger partial charge in [0.25, 0.3) is 0 Å². The van der Waals surface area contributed by atoms with Gasteiger partial charge in [0.1, 0.15) is 31.8 Å². The normalized spacial score (nSPS) is 10.6. The van der Waals surface area contributed by atoms with Gasteiger partial charge in [-0.05, 0) is 12.5 Å². The number of esters is 4. The van der Waals surface area contributed by atoms with Crippen LogP contribution in [-0.2, 0) is 38.1 Å². The molecule has 0 aliphatic carbocycles. The molecule has 0 saturated carbocycles. The van der Waals surface area contributed by atoms with Crippen LogP contribution in [0.1, 0.15) is 12.8 Å². The van der Waals surface area contributed by atoms with Gasteiger partial charge >= 0.3 is 23.9 Å². The molecular weight excluding hydrogens is 420 g/mol. The molecule has 10 heteroatoms. The molecule has 0 heterocycles. The number of thioether (sulfide) groups is 2.